The van der Waals surface area contributed by atoms with Gasteiger partial charge in [0.15, 0.2) is 0 Å². The number of carbonyl (C=O) groups is 1. The standard InChI is InChI=1S/C20H13NO4S/c1-12-10-13(21(23)24)6-8-15(12)17-9-7-14(25-17)11-19-20(22)16-4-2-3-5-18(16)26-19/h2-11H,1H3. The maximum Gasteiger partial charge on any atom is 0.269 e. The van der Waals surface area contributed by atoms with Gasteiger partial charge in [0.25, 0.3) is 5.69 Å². The predicted molar refractivity (Wildman–Crippen MR) is 100 cm³/mol. The highest BCUT2D eigenvalue weighted by molar-refractivity contribution is 8.04. The van der Waals surface area contributed by atoms with E-state index in [1.54, 1.807) is 31.2 Å². The minimum Gasteiger partial charge on any atom is -0.457 e. The number of nitro groups is 1. The molecule has 0 fully saturated rings. The summed E-state index contributed by atoms with van der Waals surface area (Å²) in [5.41, 5.74) is 2.30. The second kappa shape index (κ2) is 6.31. The molecular weight excluding hydrogens is 350 g/mol. The van der Waals surface area contributed by atoms with Crippen molar-refractivity contribution in [2.45, 2.75) is 11.8 Å². The highest BCUT2D eigenvalue weighted by Crippen LogP contribution is 2.41. The van der Waals surface area contributed by atoms with E-state index in [1.165, 1.54) is 23.9 Å². The number of rotatable bonds is 3. The van der Waals surface area contributed by atoms with Crippen molar-refractivity contribution in [2.75, 3.05) is 0 Å². The minimum absolute atomic E-state index is 0.00457. The Morgan fingerprint density at radius 3 is 2.62 bits per heavy atom. The van der Waals surface area contributed by atoms with Crippen LogP contribution in [0.1, 0.15) is 21.7 Å². The van der Waals surface area contributed by atoms with Crippen LogP contribution in [0.4, 0.5) is 5.69 Å². The molecule has 3 aromatic rings. The van der Waals surface area contributed by atoms with Crippen LogP contribution in [-0.2, 0) is 0 Å². The molecule has 26 heavy (non-hydrogen) atoms. The number of carbonyl (C=O) groups excluding carboxylic acids is 1. The van der Waals surface area contributed by atoms with E-state index in [4.69, 9.17) is 4.42 Å². The maximum atomic E-state index is 12.4. The Morgan fingerprint density at radius 1 is 1.08 bits per heavy atom. The summed E-state index contributed by atoms with van der Waals surface area (Å²) >= 11 is 1.43. The van der Waals surface area contributed by atoms with Gasteiger partial charge in [0, 0.05) is 28.2 Å². The number of thioether (sulfide) groups is 1. The Kier molecular flexibility index (Phi) is 3.97. The molecule has 4 rings (SSSR count). The first-order valence-corrected chi connectivity index (χ1v) is 8.73. The van der Waals surface area contributed by atoms with E-state index < -0.39 is 4.92 Å². The molecule has 0 unspecified atom stereocenters. The predicted octanol–water partition coefficient (Wildman–Crippen LogP) is 5.49. The molecule has 0 spiro atoms. The topological polar surface area (TPSA) is 73.3 Å². The van der Waals surface area contributed by atoms with Crippen molar-refractivity contribution < 1.29 is 14.1 Å². The lowest BCUT2D eigenvalue weighted by atomic mass is 10.1. The molecule has 0 atom stereocenters. The second-order valence-corrected chi connectivity index (χ2v) is 6.98. The van der Waals surface area contributed by atoms with Crippen molar-refractivity contribution in [3.8, 4) is 11.3 Å². The van der Waals surface area contributed by atoms with Crippen molar-refractivity contribution in [3.05, 3.63) is 86.5 Å². The molecular formula is C20H13NO4S. The quantitative estimate of drug-likeness (QED) is 0.349. The fraction of sp³-hybridized carbons (Fsp3) is 0.0500. The summed E-state index contributed by atoms with van der Waals surface area (Å²) in [7, 11) is 0. The van der Waals surface area contributed by atoms with Crippen LogP contribution in [0, 0.1) is 17.0 Å². The van der Waals surface area contributed by atoms with Gasteiger partial charge in [0.2, 0.25) is 5.78 Å². The molecule has 1 aromatic heterocycles. The summed E-state index contributed by atoms with van der Waals surface area (Å²) in [6.45, 7) is 1.80. The fourth-order valence-corrected chi connectivity index (χ4v) is 3.91. The van der Waals surface area contributed by atoms with E-state index >= 15 is 0 Å². The van der Waals surface area contributed by atoms with Gasteiger partial charge in [0.1, 0.15) is 11.5 Å². The summed E-state index contributed by atoms with van der Waals surface area (Å²) < 4.78 is 5.85. The highest BCUT2D eigenvalue weighted by atomic mass is 32.2. The summed E-state index contributed by atoms with van der Waals surface area (Å²) in [5.74, 6) is 1.17. The maximum absolute atomic E-state index is 12.4. The molecule has 6 heteroatoms. The second-order valence-electron chi connectivity index (χ2n) is 5.89. The summed E-state index contributed by atoms with van der Waals surface area (Å²) in [6, 6.07) is 15.7. The van der Waals surface area contributed by atoms with Crippen molar-refractivity contribution in [3.63, 3.8) is 0 Å². The van der Waals surface area contributed by atoms with Gasteiger partial charge in [-0.15, -0.1) is 0 Å². The molecule has 1 aliphatic heterocycles. The molecule has 2 heterocycles. The van der Waals surface area contributed by atoms with E-state index in [0.29, 0.717) is 22.0 Å². The molecule has 0 aliphatic carbocycles. The van der Waals surface area contributed by atoms with Crippen LogP contribution in [0.2, 0.25) is 0 Å². The first-order valence-electron chi connectivity index (χ1n) is 7.91. The van der Waals surface area contributed by atoms with Gasteiger partial charge in [-0.3, -0.25) is 14.9 Å². The lowest BCUT2D eigenvalue weighted by molar-refractivity contribution is -0.384. The normalized spacial score (nSPS) is 14.7. The third kappa shape index (κ3) is 2.84. The van der Waals surface area contributed by atoms with Crippen LogP contribution >= 0.6 is 11.8 Å². The number of hydrogen-bond acceptors (Lipinski definition) is 5. The molecule has 128 valence electrons. The number of ketones is 1. The Bertz CT molecular complexity index is 1080. The fourth-order valence-electron chi connectivity index (χ4n) is 2.88. The van der Waals surface area contributed by atoms with Gasteiger partial charge in [-0.25, -0.2) is 0 Å². The first kappa shape index (κ1) is 16.4. The zero-order chi connectivity index (χ0) is 18.3. The average molecular weight is 363 g/mol. The Hall–Kier alpha value is -3.12. The number of Topliss-reactive ketones (excluding diaryl/α,β-unsaturated/α-hetero) is 1. The SMILES string of the molecule is Cc1cc([N+](=O)[O-])ccc1-c1ccc(C=C2Sc3ccccc3C2=O)o1. The van der Waals surface area contributed by atoms with Crippen LogP contribution < -0.4 is 0 Å². The molecule has 2 aromatic carbocycles. The van der Waals surface area contributed by atoms with Crippen molar-refractivity contribution in [2.24, 2.45) is 0 Å². The number of fused-ring (bicyclic) bond motifs is 1. The van der Waals surface area contributed by atoms with Crippen molar-refractivity contribution >= 4 is 29.3 Å². The van der Waals surface area contributed by atoms with Gasteiger partial charge in [-0.1, -0.05) is 23.9 Å². The number of nitrogens with zero attached hydrogens (tertiary/aromatic N) is 1. The van der Waals surface area contributed by atoms with E-state index in [1.807, 2.05) is 24.3 Å². The van der Waals surface area contributed by atoms with Crippen molar-refractivity contribution in [1.29, 1.82) is 0 Å². The van der Waals surface area contributed by atoms with Crippen LogP contribution in [0.25, 0.3) is 17.4 Å². The van der Waals surface area contributed by atoms with Crippen LogP contribution in [0.3, 0.4) is 0 Å². The Balaban J connectivity index is 1.64. The molecule has 5 nitrogen and oxygen atoms in total. The molecule has 1 aliphatic rings. The minimum atomic E-state index is -0.421. The molecule has 0 N–H and O–H groups in total. The number of furan rings is 1. The van der Waals surface area contributed by atoms with E-state index in [-0.39, 0.29) is 11.5 Å². The summed E-state index contributed by atoms with van der Waals surface area (Å²) in [4.78, 5) is 24.4. The largest absolute Gasteiger partial charge is 0.457 e. The van der Waals surface area contributed by atoms with Crippen LogP contribution in [-0.4, -0.2) is 10.7 Å². The van der Waals surface area contributed by atoms with E-state index in [0.717, 1.165) is 16.0 Å². The summed E-state index contributed by atoms with van der Waals surface area (Å²) in [6.07, 6.45) is 1.73. The van der Waals surface area contributed by atoms with E-state index in [9.17, 15) is 14.9 Å². The smallest absolute Gasteiger partial charge is 0.269 e. The lowest BCUT2D eigenvalue weighted by Gasteiger charge is -2.02. The third-order valence-corrected chi connectivity index (χ3v) is 5.26. The highest BCUT2D eigenvalue weighted by Gasteiger charge is 2.25. The number of nitro benzene ring substituents is 1. The number of aryl methyl sites for hydroxylation is 1. The number of non-ortho nitro benzene ring substituents is 1. The van der Waals surface area contributed by atoms with Crippen LogP contribution in [0.5, 0.6) is 0 Å². The summed E-state index contributed by atoms with van der Waals surface area (Å²) in [5, 5.41) is 10.9. The molecule has 0 bridgehead atoms. The number of hydrogen-bond donors (Lipinski definition) is 0. The zero-order valence-corrected chi connectivity index (χ0v) is 14.6. The van der Waals surface area contributed by atoms with Crippen LogP contribution in [0.15, 0.2) is 68.8 Å². The first-order chi connectivity index (χ1) is 12.5. The Labute approximate surface area is 153 Å². The number of benzene rings is 2. The van der Waals surface area contributed by atoms with Gasteiger partial charge in [0.05, 0.1) is 9.83 Å². The molecule has 0 amide bonds. The third-order valence-electron chi connectivity index (χ3n) is 4.16. The van der Waals surface area contributed by atoms with Gasteiger partial charge in [-0.05, 0) is 48.9 Å². The average Bonchev–Trinajstić information content (AvgIpc) is 3.21. The van der Waals surface area contributed by atoms with Gasteiger partial charge < -0.3 is 4.42 Å². The molecule has 0 saturated carbocycles. The van der Waals surface area contributed by atoms with E-state index in [2.05, 4.69) is 0 Å². The molecule has 0 saturated heterocycles. The number of allylic oxidation sites excluding steroid dienone is 1. The monoisotopic (exact) mass is 363 g/mol. The van der Waals surface area contributed by atoms with Gasteiger partial charge in [-0.2, -0.15) is 0 Å². The molecule has 0 radical (unpaired) electrons. The zero-order valence-electron chi connectivity index (χ0n) is 13.8. The van der Waals surface area contributed by atoms with Gasteiger partial charge >= 0.3 is 0 Å². The lowest BCUT2D eigenvalue weighted by Crippen LogP contribution is -1.93. The Morgan fingerprint density at radius 2 is 1.88 bits per heavy atom. The van der Waals surface area contributed by atoms with Crippen molar-refractivity contribution in [1.82, 2.24) is 0 Å².